The number of hydrogen-bond donors (Lipinski definition) is 2. The molecule has 0 saturated carbocycles. The number of amides is 2. The van der Waals surface area contributed by atoms with Crippen molar-refractivity contribution in [3.8, 4) is 0 Å². The summed E-state index contributed by atoms with van der Waals surface area (Å²) in [6.45, 7) is 1.37. The zero-order valence-electron chi connectivity index (χ0n) is 11.2. The van der Waals surface area contributed by atoms with E-state index in [-0.39, 0.29) is 18.9 Å². The Hall–Kier alpha value is -1.35. The molecule has 0 heterocycles. The minimum absolute atomic E-state index is 0.111. The first-order valence-corrected chi connectivity index (χ1v) is 7.65. The maximum Gasteiger partial charge on any atom is 0.323 e. The molecule has 2 amide bonds. The molecule has 0 fully saturated rings. The summed E-state index contributed by atoms with van der Waals surface area (Å²) in [5.74, 6) is -1.36. The second kappa shape index (κ2) is 7.95. The van der Waals surface area contributed by atoms with Gasteiger partial charge in [-0.2, -0.15) is 0 Å². The highest BCUT2D eigenvalue weighted by Crippen LogP contribution is 1.95. The minimum atomic E-state index is -3.21. The lowest BCUT2D eigenvalue weighted by molar-refractivity contribution is -0.137. The predicted molar refractivity (Wildman–Crippen MR) is 68.8 cm³/mol. The van der Waals surface area contributed by atoms with Crippen LogP contribution in [0.2, 0.25) is 0 Å². The number of carboxylic acids is 1. The molecular weight excluding hydrogens is 276 g/mol. The highest BCUT2D eigenvalue weighted by molar-refractivity contribution is 7.90. The fraction of sp³-hybridized carbons (Fsp3) is 0.800. The van der Waals surface area contributed by atoms with Crippen molar-refractivity contribution in [3.63, 3.8) is 0 Å². The van der Waals surface area contributed by atoms with E-state index in [1.54, 1.807) is 0 Å². The van der Waals surface area contributed by atoms with Crippen molar-refractivity contribution in [2.24, 2.45) is 0 Å². The standard InChI is InChI=1S/C10H20N2O6S/c1-8(7-19(3,16)17)11-10(15)12(4-5-18-2)6-9(13)14/h8H,4-7H2,1-3H3,(H,11,15)(H,13,14). The molecule has 0 aromatic rings. The molecule has 0 bridgehead atoms. The summed E-state index contributed by atoms with van der Waals surface area (Å²) in [4.78, 5) is 23.5. The number of urea groups is 1. The fourth-order valence-electron chi connectivity index (χ4n) is 1.42. The molecule has 8 nitrogen and oxygen atoms in total. The maximum atomic E-state index is 11.8. The molecular formula is C10H20N2O6S. The molecule has 0 saturated heterocycles. The molecule has 9 heteroatoms. The van der Waals surface area contributed by atoms with Gasteiger partial charge >= 0.3 is 12.0 Å². The number of aliphatic carboxylic acids is 1. The molecule has 1 unspecified atom stereocenters. The average Bonchev–Trinajstić information content (AvgIpc) is 2.20. The van der Waals surface area contributed by atoms with Crippen molar-refractivity contribution >= 4 is 21.8 Å². The van der Waals surface area contributed by atoms with Crippen LogP contribution in [0.5, 0.6) is 0 Å². The minimum Gasteiger partial charge on any atom is -0.480 e. The third kappa shape index (κ3) is 9.25. The largest absolute Gasteiger partial charge is 0.480 e. The Morgan fingerprint density at radius 3 is 2.42 bits per heavy atom. The first-order valence-electron chi connectivity index (χ1n) is 5.59. The Labute approximate surface area is 112 Å². The molecule has 112 valence electrons. The first kappa shape index (κ1) is 17.6. The summed E-state index contributed by atoms with van der Waals surface area (Å²) < 4.78 is 26.9. The van der Waals surface area contributed by atoms with Crippen LogP contribution < -0.4 is 5.32 Å². The van der Waals surface area contributed by atoms with Crippen LogP contribution in [0, 0.1) is 0 Å². The number of sulfone groups is 1. The normalized spacial score (nSPS) is 12.8. The summed E-state index contributed by atoms with van der Waals surface area (Å²) in [7, 11) is -1.78. The quantitative estimate of drug-likeness (QED) is 0.604. The Kier molecular flexibility index (Phi) is 7.38. The van der Waals surface area contributed by atoms with Crippen LogP contribution >= 0.6 is 0 Å². The Morgan fingerprint density at radius 1 is 1.42 bits per heavy atom. The molecule has 0 aliphatic rings. The molecule has 0 aliphatic carbocycles. The van der Waals surface area contributed by atoms with E-state index in [0.717, 1.165) is 11.2 Å². The Balaban J connectivity index is 4.49. The SMILES string of the molecule is COCCN(CC(=O)O)C(=O)NC(C)CS(C)(=O)=O. The summed E-state index contributed by atoms with van der Waals surface area (Å²) >= 11 is 0. The molecule has 0 spiro atoms. The topological polar surface area (TPSA) is 113 Å². The third-order valence-corrected chi connectivity index (χ3v) is 3.21. The number of nitrogens with zero attached hydrogens (tertiary/aromatic N) is 1. The van der Waals surface area contributed by atoms with Gasteiger partial charge in [-0.05, 0) is 6.92 Å². The molecule has 0 aliphatic heterocycles. The predicted octanol–water partition coefficient (Wildman–Crippen LogP) is -0.838. The molecule has 0 radical (unpaired) electrons. The summed E-state index contributed by atoms with van der Waals surface area (Å²) in [5, 5.41) is 11.1. The molecule has 0 aromatic carbocycles. The lowest BCUT2D eigenvalue weighted by atomic mass is 10.4. The lowest BCUT2D eigenvalue weighted by Gasteiger charge is -2.23. The van der Waals surface area contributed by atoms with Gasteiger partial charge in [0.05, 0.1) is 12.4 Å². The molecule has 0 aromatic heterocycles. The van der Waals surface area contributed by atoms with Gasteiger partial charge in [-0.25, -0.2) is 13.2 Å². The van der Waals surface area contributed by atoms with Crippen molar-refractivity contribution in [1.29, 1.82) is 0 Å². The zero-order chi connectivity index (χ0) is 15.1. The number of nitrogens with one attached hydrogen (secondary N) is 1. The van der Waals surface area contributed by atoms with Crippen LogP contribution in [0.15, 0.2) is 0 Å². The van der Waals surface area contributed by atoms with Crippen LogP contribution in [0.1, 0.15) is 6.92 Å². The number of hydrogen-bond acceptors (Lipinski definition) is 5. The van der Waals surface area contributed by atoms with Gasteiger partial charge in [-0.1, -0.05) is 0 Å². The highest BCUT2D eigenvalue weighted by Gasteiger charge is 2.19. The Bertz CT molecular complexity index is 408. The lowest BCUT2D eigenvalue weighted by Crippen LogP contribution is -2.48. The molecule has 2 N–H and O–H groups in total. The van der Waals surface area contributed by atoms with Crippen LogP contribution in [0.25, 0.3) is 0 Å². The van der Waals surface area contributed by atoms with Crippen LogP contribution in [-0.2, 0) is 19.4 Å². The monoisotopic (exact) mass is 296 g/mol. The second-order valence-corrected chi connectivity index (χ2v) is 6.44. The van der Waals surface area contributed by atoms with Crippen LogP contribution in [0.4, 0.5) is 4.79 Å². The fourth-order valence-corrected chi connectivity index (χ4v) is 2.41. The third-order valence-electron chi connectivity index (χ3n) is 2.10. The number of carbonyl (C=O) groups excluding carboxylic acids is 1. The van der Waals surface area contributed by atoms with E-state index in [1.807, 2.05) is 0 Å². The smallest absolute Gasteiger partial charge is 0.323 e. The summed E-state index contributed by atoms with van der Waals surface area (Å²) in [5.41, 5.74) is 0. The number of methoxy groups -OCH3 is 1. The van der Waals surface area contributed by atoms with Gasteiger partial charge in [0, 0.05) is 26.0 Å². The van der Waals surface area contributed by atoms with Crippen molar-refractivity contribution in [2.75, 3.05) is 38.8 Å². The first-order chi connectivity index (χ1) is 8.65. The van der Waals surface area contributed by atoms with Gasteiger partial charge in [0.15, 0.2) is 0 Å². The second-order valence-electron chi connectivity index (χ2n) is 4.25. The number of carbonyl (C=O) groups is 2. The van der Waals surface area contributed by atoms with E-state index >= 15 is 0 Å². The van der Waals surface area contributed by atoms with Gasteiger partial charge in [0.25, 0.3) is 0 Å². The number of ether oxygens (including phenoxy) is 1. The van der Waals surface area contributed by atoms with E-state index < -0.39 is 34.4 Å². The van der Waals surface area contributed by atoms with Gasteiger partial charge in [0.1, 0.15) is 16.4 Å². The molecule has 1 atom stereocenters. The van der Waals surface area contributed by atoms with Gasteiger partial charge in [-0.15, -0.1) is 0 Å². The van der Waals surface area contributed by atoms with Crippen molar-refractivity contribution in [2.45, 2.75) is 13.0 Å². The van der Waals surface area contributed by atoms with Crippen molar-refractivity contribution < 1.29 is 27.9 Å². The maximum absolute atomic E-state index is 11.8. The van der Waals surface area contributed by atoms with Gasteiger partial charge in [0.2, 0.25) is 0 Å². The molecule has 19 heavy (non-hydrogen) atoms. The highest BCUT2D eigenvalue weighted by atomic mass is 32.2. The average molecular weight is 296 g/mol. The van der Waals surface area contributed by atoms with Gasteiger partial charge < -0.3 is 20.1 Å². The zero-order valence-corrected chi connectivity index (χ0v) is 12.1. The van der Waals surface area contributed by atoms with E-state index in [1.165, 1.54) is 14.0 Å². The van der Waals surface area contributed by atoms with Gasteiger partial charge in [-0.3, -0.25) is 4.79 Å². The number of carboxylic acid groups (broad SMARTS) is 1. The number of rotatable bonds is 8. The van der Waals surface area contributed by atoms with E-state index in [9.17, 15) is 18.0 Å². The van der Waals surface area contributed by atoms with E-state index in [2.05, 4.69) is 5.32 Å². The Morgan fingerprint density at radius 2 is 2.00 bits per heavy atom. The van der Waals surface area contributed by atoms with E-state index in [4.69, 9.17) is 9.84 Å². The van der Waals surface area contributed by atoms with Crippen LogP contribution in [-0.4, -0.2) is 75.3 Å². The molecule has 0 rings (SSSR count). The summed E-state index contributed by atoms with van der Waals surface area (Å²) in [6, 6.07) is -1.23. The van der Waals surface area contributed by atoms with Crippen LogP contribution in [0.3, 0.4) is 0 Å². The van der Waals surface area contributed by atoms with Crippen molar-refractivity contribution in [1.82, 2.24) is 10.2 Å². The van der Waals surface area contributed by atoms with Crippen molar-refractivity contribution in [3.05, 3.63) is 0 Å². The van der Waals surface area contributed by atoms with E-state index in [0.29, 0.717) is 0 Å². The summed E-state index contributed by atoms with van der Waals surface area (Å²) in [6.07, 6.45) is 1.07.